The molecule has 0 saturated carbocycles. The van der Waals surface area contributed by atoms with E-state index in [4.69, 9.17) is 5.73 Å². The van der Waals surface area contributed by atoms with Gasteiger partial charge in [-0.05, 0) is 19.1 Å². The number of nitrogens with two attached hydrogens (primary N) is 1. The Bertz CT molecular complexity index is 445. The highest BCUT2D eigenvalue weighted by Gasteiger charge is 2.11. The zero-order chi connectivity index (χ0) is 10.1. The minimum atomic E-state index is 0.723. The maximum absolute atomic E-state index is 5.92. The van der Waals surface area contributed by atoms with Crippen LogP contribution in [0.1, 0.15) is 5.69 Å². The maximum Gasteiger partial charge on any atom is 0.0927 e. The molecule has 0 aliphatic heterocycles. The van der Waals surface area contributed by atoms with Gasteiger partial charge in [0.2, 0.25) is 0 Å². The van der Waals surface area contributed by atoms with Gasteiger partial charge in [-0.25, -0.2) is 0 Å². The van der Waals surface area contributed by atoms with Gasteiger partial charge in [-0.1, -0.05) is 0 Å². The molecule has 0 aliphatic rings. The summed E-state index contributed by atoms with van der Waals surface area (Å²) < 4.78 is 1.78. The molecule has 0 saturated heterocycles. The van der Waals surface area contributed by atoms with Crippen molar-refractivity contribution < 1.29 is 0 Å². The second kappa shape index (κ2) is 3.14. The molecule has 0 atom stereocenters. The van der Waals surface area contributed by atoms with E-state index in [9.17, 15) is 0 Å². The Labute approximate surface area is 82.4 Å². The molecule has 2 heterocycles. The van der Waals surface area contributed by atoms with Crippen LogP contribution in [0, 0.1) is 6.92 Å². The summed E-state index contributed by atoms with van der Waals surface area (Å²) in [7, 11) is 1.88. The van der Waals surface area contributed by atoms with E-state index < -0.39 is 0 Å². The minimum absolute atomic E-state index is 0.723. The van der Waals surface area contributed by atoms with Crippen molar-refractivity contribution in [2.24, 2.45) is 7.05 Å². The summed E-state index contributed by atoms with van der Waals surface area (Å²) in [5.41, 5.74) is 9.42. The van der Waals surface area contributed by atoms with Crippen LogP contribution in [0.15, 0.2) is 24.5 Å². The maximum atomic E-state index is 5.92. The van der Waals surface area contributed by atoms with Crippen LogP contribution in [0.3, 0.4) is 0 Å². The van der Waals surface area contributed by atoms with E-state index in [-0.39, 0.29) is 0 Å². The highest BCUT2D eigenvalue weighted by atomic mass is 15.3. The molecule has 0 bridgehead atoms. The summed E-state index contributed by atoms with van der Waals surface area (Å²) in [6.07, 6.45) is 3.52. The van der Waals surface area contributed by atoms with E-state index in [1.54, 1.807) is 17.1 Å². The van der Waals surface area contributed by atoms with Gasteiger partial charge in [-0.15, -0.1) is 0 Å². The Hall–Kier alpha value is -1.84. The Balaban J connectivity index is 2.62. The SMILES string of the molecule is Cc1nn(C)c(-c2cccnc2)c1N. The van der Waals surface area contributed by atoms with Crippen LogP contribution < -0.4 is 5.73 Å². The molecule has 0 spiro atoms. The molecule has 14 heavy (non-hydrogen) atoms. The lowest BCUT2D eigenvalue weighted by molar-refractivity contribution is 0.764. The van der Waals surface area contributed by atoms with Crippen LogP contribution in [0.25, 0.3) is 11.3 Å². The Morgan fingerprint density at radius 2 is 2.21 bits per heavy atom. The van der Waals surface area contributed by atoms with Gasteiger partial charge in [0, 0.05) is 25.0 Å². The number of rotatable bonds is 1. The average Bonchev–Trinajstić information content (AvgIpc) is 2.43. The van der Waals surface area contributed by atoms with Crippen LogP contribution in [-0.2, 0) is 7.05 Å². The van der Waals surface area contributed by atoms with E-state index in [1.165, 1.54) is 0 Å². The van der Waals surface area contributed by atoms with Crippen LogP contribution >= 0.6 is 0 Å². The van der Waals surface area contributed by atoms with E-state index in [0.29, 0.717) is 0 Å². The molecule has 72 valence electrons. The lowest BCUT2D eigenvalue weighted by Gasteiger charge is -2.01. The molecule has 0 aromatic carbocycles. The Morgan fingerprint density at radius 3 is 2.71 bits per heavy atom. The molecule has 2 aromatic heterocycles. The monoisotopic (exact) mass is 188 g/mol. The fraction of sp³-hybridized carbons (Fsp3) is 0.200. The van der Waals surface area contributed by atoms with Crippen LogP contribution in [0.5, 0.6) is 0 Å². The van der Waals surface area contributed by atoms with Crippen molar-refractivity contribution >= 4 is 5.69 Å². The molecule has 0 aliphatic carbocycles. The first-order valence-electron chi connectivity index (χ1n) is 4.39. The van der Waals surface area contributed by atoms with Crippen molar-refractivity contribution in [3.63, 3.8) is 0 Å². The minimum Gasteiger partial charge on any atom is -0.395 e. The zero-order valence-corrected chi connectivity index (χ0v) is 8.23. The predicted octanol–water partition coefficient (Wildman–Crippen LogP) is 1.37. The normalized spacial score (nSPS) is 10.4. The van der Waals surface area contributed by atoms with E-state index in [2.05, 4.69) is 10.1 Å². The second-order valence-corrected chi connectivity index (χ2v) is 3.21. The number of aromatic nitrogens is 3. The molecule has 0 fully saturated rings. The molecule has 4 nitrogen and oxygen atoms in total. The summed E-state index contributed by atoms with van der Waals surface area (Å²) >= 11 is 0. The van der Waals surface area contributed by atoms with E-state index >= 15 is 0 Å². The van der Waals surface area contributed by atoms with Gasteiger partial charge in [0.1, 0.15) is 0 Å². The zero-order valence-electron chi connectivity index (χ0n) is 8.23. The van der Waals surface area contributed by atoms with Gasteiger partial charge >= 0.3 is 0 Å². The highest BCUT2D eigenvalue weighted by molar-refractivity contribution is 5.73. The van der Waals surface area contributed by atoms with E-state index in [0.717, 1.165) is 22.6 Å². The summed E-state index contributed by atoms with van der Waals surface area (Å²) in [5.74, 6) is 0. The molecule has 0 radical (unpaired) electrons. The number of aryl methyl sites for hydroxylation is 2. The molecule has 0 amide bonds. The summed E-state index contributed by atoms with van der Waals surface area (Å²) in [4.78, 5) is 4.06. The first-order chi connectivity index (χ1) is 6.70. The third-order valence-electron chi connectivity index (χ3n) is 2.20. The van der Waals surface area contributed by atoms with E-state index in [1.807, 2.05) is 26.1 Å². The fourth-order valence-corrected chi connectivity index (χ4v) is 1.52. The van der Waals surface area contributed by atoms with Gasteiger partial charge < -0.3 is 5.73 Å². The molecule has 2 aromatic rings. The van der Waals surface area contributed by atoms with Crippen molar-refractivity contribution in [3.8, 4) is 11.3 Å². The molecule has 4 heteroatoms. The quantitative estimate of drug-likeness (QED) is 0.735. The van der Waals surface area contributed by atoms with Crippen molar-refractivity contribution in [3.05, 3.63) is 30.2 Å². The standard InChI is InChI=1S/C10H12N4/c1-7-9(11)10(14(2)13-7)8-4-3-5-12-6-8/h3-6H,11H2,1-2H3. The van der Waals surface area contributed by atoms with Gasteiger partial charge in [-0.3, -0.25) is 9.67 Å². The summed E-state index contributed by atoms with van der Waals surface area (Å²) in [6.45, 7) is 1.90. The molecule has 0 unspecified atom stereocenters. The van der Waals surface area contributed by atoms with Crippen molar-refractivity contribution in [1.29, 1.82) is 0 Å². The molecular formula is C10H12N4. The summed E-state index contributed by atoms with van der Waals surface area (Å²) in [6, 6.07) is 3.86. The number of anilines is 1. The lowest BCUT2D eigenvalue weighted by Crippen LogP contribution is -1.95. The van der Waals surface area contributed by atoms with Gasteiger partial charge in [0.25, 0.3) is 0 Å². The van der Waals surface area contributed by atoms with Crippen molar-refractivity contribution in [2.45, 2.75) is 6.92 Å². The molecule has 2 N–H and O–H groups in total. The predicted molar refractivity (Wildman–Crippen MR) is 55.6 cm³/mol. The molecule has 2 rings (SSSR count). The van der Waals surface area contributed by atoms with Crippen molar-refractivity contribution in [2.75, 3.05) is 5.73 Å². The fourth-order valence-electron chi connectivity index (χ4n) is 1.52. The average molecular weight is 188 g/mol. The number of hydrogen-bond donors (Lipinski definition) is 1. The number of nitrogens with zero attached hydrogens (tertiary/aromatic N) is 3. The number of pyridine rings is 1. The number of hydrogen-bond acceptors (Lipinski definition) is 3. The third kappa shape index (κ3) is 1.25. The largest absolute Gasteiger partial charge is 0.395 e. The van der Waals surface area contributed by atoms with Gasteiger partial charge in [0.15, 0.2) is 0 Å². The van der Waals surface area contributed by atoms with Crippen LogP contribution in [0.4, 0.5) is 5.69 Å². The molecular weight excluding hydrogens is 176 g/mol. The van der Waals surface area contributed by atoms with Crippen LogP contribution in [-0.4, -0.2) is 14.8 Å². The second-order valence-electron chi connectivity index (χ2n) is 3.21. The Morgan fingerprint density at radius 1 is 1.43 bits per heavy atom. The summed E-state index contributed by atoms with van der Waals surface area (Å²) in [5, 5.41) is 4.25. The number of nitrogen functional groups attached to an aromatic ring is 1. The highest BCUT2D eigenvalue weighted by Crippen LogP contribution is 2.26. The van der Waals surface area contributed by atoms with Crippen LogP contribution in [0.2, 0.25) is 0 Å². The van der Waals surface area contributed by atoms with Gasteiger partial charge in [0.05, 0.1) is 17.1 Å². The lowest BCUT2D eigenvalue weighted by atomic mass is 10.2. The first-order valence-corrected chi connectivity index (χ1v) is 4.39. The Kier molecular flexibility index (Phi) is 1.96. The van der Waals surface area contributed by atoms with Crippen molar-refractivity contribution in [1.82, 2.24) is 14.8 Å². The third-order valence-corrected chi connectivity index (χ3v) is 2.20. The smallest absolute Gasteiger partial charge is 0.0927 e. The van der Waals surface area contributed by atoms with Gasteiger partial charge in [-0.2, -0.15) is 5.10 Å². The first kappa shape index (κ1) is 8.74. The topological polar surface area (TPSA) is 56.7 Å².